The zero-order chi connectivity index (χ0) is 7.72. The molecule has 1 nitrogen and oxygen atoms in total. The van der Waals surface area contributed by atoms with E-state index in [1.165, 1.54) is 6.92 Å². The fourth-order valence-electron chi connectivity index (χ4n) is 0.580. The Morgan fingerprint density at radius 2 is 1.90 bits per heavy atom. The van der Waals surface area contributed by atoms with Crippen molar-refractivity contribution in [1.29, 1.82) is 0 Å². The highest BCUT2D eigenvalue weighted by Gasteiger charge is 2.07. The molecule has 0 N–H and O–H groups in total. The van der Waals surface area contributed by atoms with E-state index in [1.807, 2.05) is 0 Å². The molecule has 0 spiro atoms. The molecule has 1 rings (SSSR count). The topological polar surface area (TPSA) is 12.9 Å². The highest BCUT2D eigenvalue weighted by Crippen LogP contribution is 2.08. The lowest BCUT2D eigenvalue weighted by Gasteiger charge is -1.94. The third-order valence-electron chi connectivity index (χ3n) is 1.07. The van der Waals surface area contributed by atoms with Gasteiger partial charge in [-0.25, -0.2) is 4.39 Å². The number of rotatable bonds is 0. The molecule has 0 atom stereocenters. The number of nitrogens with zero attached hydrogens (tertiary/aromatic N) is 1. The van der Waals surface area contributed by atoms with E-state index in [-0.39, 0.29) is 5.56 Å². The average molecular weight is 147 g/mol. The number of halogens is 3. The maximum absolute atomic E-state index is 12.3. The summed E-state index contributed by atoms with van der Waals surface area (Å²) in [5.41, 5.74) is -0.0787. The Hall–Kier alpha value is -1.06. The van der Waals surface area contributed by atoms with Crippen molar-refractivity contribution in [2.45, 2.75) is 6.92 Å². The van der Waals surface area contributed by atoms with Gasteiger partial charge in [0.1, 0.15) is 0 Å². The van der Waals surface area contributed by atoms with Crippen LogP contribution >= 0.6 is 0 Å². The maximum atomic E-state index is 12.3. The number of aryl methyl sites for hydroxylation is 1. The van der Waals surface area contributed by atoms with E-state index in [0.717, 1.165) is 6.07 Å². The molecular weight excluding hydrogens is 143 g/mol. The van der Waals surface area contributed by atoms with E-state index < -0.39 is 17.7 Å². The summed E-state index contributed by atoms with van der Waals surface area (Å²) in [5, 5.41) is 0. The van der Waals surface area contributed by atoms with Gasteiger partial charge < -0.3 is 0 Å². The lowest BCUT2D eigenvalue weighted by Crippen LogP contribution is -1.95. The van der Waals surface area contributed by atoms with Gasteiger partial charge in [-0.1, -0.05) is 0 Å². The van der Waals surface area contributed by atoms with Gasteiger partial charge in [-0.05, 0) is 18.6 Å². The molecule has 0 fully saturated rings. The normalized spacial score (nSPS) is 10.0. The molecule has 0 bridgehead atoms. The summed E-state index contributed by atoms with van der Waals surface area (Å²) in [6.45, 7) is 1.27. The first-order valence-corrected chi connectivity index (χ1v) is 2.59. The van der Waals surface area contributed by atoms with Crippen LogP contribution in [0.4, 0.5) is 13.2 Å². The lowest BCUT2D eigenvalue weighted by molar-refractivity contribution is 0.442. The minimum atomic E-state index is -1.39. The molecule has 0 radical (unpaired) electrons. The summed E-state index contributed by atoms with van der Waals surface area (Å²) >= 11 is 0. The van der Waals surface area contributed by atoms with Crippen molar-refractivity contribution >= 4 is 0 Å². The van der Waals surface area contributed by atoms with Crippen molar-refractivity contribution in [3.05, 3.63) is 29.3 Å². The smallest absolute Gasteiger partial charge is 0.202 e. The Kier molecular flexibility index (Phi) is 1.61. The minimum Gasteiger partial charge on any atom is -0.202 e. The number of hydrogen-bond acceptors (Lipinski definition) is 1. The quantitative estimate of drug-likeness (QED) is 0.510. The van der Waals surface area contributed by atoms with Crippen LogP contribution < -0.4 is 0 Å². The summed E-state index contributed by atoms with van der Waals surface area (Å²) in [7, 11) is 0. The Labute approximate surface area is 55.5 Å². The molecule has 0 saturated carbocycles. The second-order valence-corrected chi connectivity index (χ2v) is 1.87. The Morgan fingerprint density at radius 3 is 2.40 bits per heavy atom. The maximum Gasteiger partial charge on any atom is 0.251 e. The van der Waals surface area contributed by atoms with Crippen LogP contribution in [0.1, 0.15) is 5.56 Å². The standard InChI is InChI=1S/C6H4F3N/c1-3-2-4(7)10-6(9)5(3)8/h2H,1H3. The van der Waals surface area contributed by atoms with Crippen LogP contribution in [0.3, 0.4) is 0 Å². The summed E-state index contributed by atoms with van der Waals surface area (Å²) in [4.78, 5) is 2.63. The molecule has 1 aromatic heterocycles. The Balaban J connectivity index is 3.31. The van der Waals surface area contributed by atoms with Crippen molar-refractivity contribution in [3.63, 3.8) is 0 Å². The molecule has 0 aliphatic carbocycles. The van der Waals surface area contributed by atoms with E-state index in [1.54, 1.807) is 0 Å². The van der Waals surface area contributed by atoms with E-state index >= 15 is 0 Å². The van der Waals surface area contributed by atoms with E-state index in [0.29, 0.717) is 0 Å². The van der Waals surface area contributed by atoms with Gasteiger partial charge in [-0.3, -0.25) is 0 Å². The van der Waals surface area contributed by atoms with Gasteiger partial charge in [0.05, 0.1) is 0 Å². The van der Waals surface area contributed by atoms with Crippen LogP contribution in [0.25, 0.3) is 0 Å². The van der Waals surface area contributed by atoms with Gasteiger partial charge in [0.25, 0.3) is 5.95 Å². The first kappa shape index (κ1) is 7.05. The monoisotopic (exact) mass is 147 g/mol. The number of aromatic nitrogens is 1. The largest absolute Gasteiger partial charge is 0.251 e. The van der Waals surface area contributed by atoms with E-state index in [2.05, 4.69) is 4.98 Å². The minimum absolute atomic E-state index is 0.0787. The SMILES string of the molecule is Cc1cc(F)nc(F)c1F. The summed E-state index contributed by atoms with van der Waals surface area (Å²) in [6, 6.07) is 0.832. The predicted octanol–water partition coefficient (Wildman–Crippen LogP) is 1.81. The molecule has 0 aliphatic heterocycles. The first-order chi connectivity index (χ1) is 4.61. The molecule has 0 aromatic carbocycles. The molecular formula is C6H4F3N. The molecule has 1 aromatic rings. The average Bonchev–Trinajstić information content (AvgIpc) is 1.82. The Morgan fingerprint density at radius 1 is 1.30 bits per heavy atom. The molecule has 0 aliphatic rings. The highest BCUT2D eigenvalue weighted by molar-refractivity contribution is 5.11. The van der Waals surface area contributed by atoms with Gasteiger partial charge in [0, 0.05) is 0 Å². The zero-order valence-corrected chi connectivity index (χ0v) is 5.16. The second kappa shape index (κ2) is 2.28. The van der Waals surface area contributed by atoms with Gasteiger partial charge in [-0.15, -0.1) is 0 Å². The molecule has 4 heteroatoms. The molecule has 0 saturated heterocycles. The molecule has 0 amide bonds. The van der Waals surface area contributed by atoms with Crippen LogP contribution in [-0.4, -0.2) is 4.98 Å². The van der Waals surface area contributed by atoms with Crippen LogP contribution in [0, 0.1) is 24.6 Å². The Bertz CT molecular complexity index is 236. The van der Waals surface area contributed by atoms with Crippen LogP contribution in [0.5, 0.6) is 0 Å². The van der Waals surface area contributed by atoms with Gasteiger partial charge in [-0.2, -0.15) is 13.8 Å². The predicted molar refractivity (Wildman–Crippen MR) is 28.8 cm³/mol. The summed E-state index contributed by atoms with van der Waals surface area (Å²) in [5.74, 6) is -3.49. The molecule has 1 heterocycles. The fraction of sp³-hybridized carbons (Fsp3) is 0.167. The van der Waals surface area contributed by atoms with E-state index in [9.17, 15) is 13.2 Å². The van der Waals surface area contributed by atoms with Gasteiger partial charge in [0.2, 0.25) is 5.95 Å². The third kappa shape index (κ3) is 1.10. The highest BCUT2D eigenvalue weighted by atomic mass is 19.2. The van der Waals surface area contributed by atoms with Gasteiger partial charge >= 0.3 is 0 Å². The summed E-state index contributed by atoms with van der Waals surface area (Å²) < 4.78 is 36.5. The zero-order valence-electron chi connectivity index (χ0n) is 5.16. The molecule has 0 unspecified atom stereocenters. The second-order valence-electron chi connectivity index (χ2n) is 1.87. The lowest BCUT2D eigenvalue weighted by atomic mass is 10.3. The van der Waals surface area contributed by atoms with Crippen molar-refractivity contribution in [3.8, 4) is 0 Å². The van der Waals surface area contributed by atoms with Crippen LogP contribution in [0.2, 0.25) is 0 Å². The first-order valence-electron chi connectivity index (χ1n) is 2.59. The van der Waals surface area contributed by atoms with Crippen LogP contribution in [0.15, 0.2) is 6.07 Å². The fourth-order valence-corrected chi connectivity index (χ4v) is 0.580. The molecule has 54 valence electrons. The summed E-state index contributed by atoms with van der Waals surface area (Å²) in [6.07, 6.45) is 0. The van der Waals surface area contributed by atoms with Gasteiger partial charge in [0.15, 0.2) is 5.82 Å². The van der Waals surface area contributed by atoms with Crippen molar-refractivity contribution in [2.24, 2.45) is 0 Å². The van der Waals surface area contributed by atoms with E-state index in [4.69, 9.17) is 0 Å². The molecule has 10 heavy (non-hydrogen) atoms. The van der Waals surface area contributed by atoms with Crippen molar-refractivity contribution < 1.29 is 13.2 Å². The van der Waals surface area contributed by atoms with Crippen molar-refractivity contribution in [2.75, 3.05) is 0 Å². The third-order valence-corrected chi connectivity index (χ3v) is 1.07. The number of hydrogen-bond donors (Lipinski definition) is 0. The van der Waals surface area contributed by atoms with Crippen LogP contribution in [-0.2, 0) is 0 Å². The van der Waals surface area contributed by atoms with Crippen molar-refractivity contribution in [1.82, 2.24) is 4.98 Å². The number of pyridine rings is 1.